The molecule has 0 N–H and O–H groups in total. The lowest BCUT2D eigenvalue weighted by Gasteiger charge is -2.34. The van der Waals surface area contributed by atoms with Gasteiger partial charge < -0.3 is 18.6 Å². The first kappa shape index (κ1) is 20.5. The maximum atomic E-state index is 13.8. The summed E-state index contributed by atoms with van der Waals surface area (Å²) in [6.45, 7) is 8.83. The number of benzene rings is 2. The van der Waals surface area contributed by atoms with Gasteiger partial charge in [-0.25, -0.2) is 0 Å². The summed E-state index contributed by atoms with van der Waals surface area (Å²) in [5, 5.41) is 4.68. The lowest BCUT2D eigenvalue weighted by molar-refractivity contribution is 0.0842. The van der Waals surface area contributed by atoms with Gasteiger partial charge in [0.2, 0.25) is 6.79 Å². The first-order chi connectivity index (χ1) is 14.3. The van der Waals surface area contributed by atoms with Crippen LogP contribution in [0.15, 0.2) is 47.0 Å². The first-order valence-corrected chi connectivity index (χ1v) is 13.5. The van der Waals surface area contributed by atoms with Crippen molar-refractivity contribution in [2.75, 3.05) is 6.79 Å². The van der Waals surface area contributed by atoms with E-state index in [0.29, 0.717) is 39.9 Å². The number of aromatic nitrogens is 1. The smallest absolute Gasteiger partial charge is 0.252 e. The zero-order chi connectivity index (χ0) is 21.5. The molecule has 30 heavy (non-hydrogen) atoms. The van der Waals surface area contributed by atoms with Crippen LogP contribution in [0.5, 0.6) is 11.5 Å². The molecule has 3 aromatic rings. The van der Waals surface area contributed by atoms with Gasteiger partial charge in [0.1, 0.15) is 17.0 Å². The Bertz CT molecular complexity index is 1110. The van der Waals surface area contributed by atoms with Crippen LogP contribution in [0.25, 0.3) is 11.3 Å². The Morgan fingerprint density at radius 1 is 1.13 bits per heavy atom. The van der Waals surface area contributed by atoms with Crippen molar-refractivity contribution in [2.45, 2.75) is 33.1 Å². The summed E-state index contributed by atoms with van der Waals surface area (Å²) in [5.74, 6) is 1.79. The number of hydrogen-bond acceptors (Lipinski definition) is 5. The number of rotatable bonds is 5. The topological polar surface area (TPSA) is 64.8 Å². The van der Waals surface area contributed by atoms with Gasteiger partial charge in [-0.2, -0.15) is 0 Å². The van der Waals surface area contributed by atoms with Crippen molar-refractivity contribution in [2.24, 2.45) is 0 Å². The average Bonchev–Trinajstić information content (AvgIpc) is 3.31. The van der Waals surface area contributed by atoms with Crippen molar-refractivity contribution in [3.63, 3.8) is 0 Å². The summed E-state index contributed by atoms with van der Waals surface area (Å²) < 4.78 is 18.2. The van der Waals surface area contributed by atoms with Crippen LogP contribution in [0, 0.1) is 6.92 Å². The Kier molecular flexibility index (Phi) is 5.34. The molecule has 6 nitrogen and oxygen atoms in total. The van der Waals surface area contributed by atoms with Gasteiger partial charge in [-0.05, 0) is 30.7 Å². The number of aryl methyl sites for hydroxylation is 1. The molecule has 156 valence electrons. The van der Waals surface area contributed by atoms with E-state index in [-0.39, 0.29) is 12.7 Å². The summed E-state index contributed by atoms with van der Waals surface area (Å²) >= 11 is 6.37. The number of amides is 1. The molecule has 0 unspecified atom stereocenters. The van der Waals surface area contributed by atoms with Crippen LogP contribution in [0.4, 0.5) is 0 Å². The molecule has 1 aromatic heterocycles. The minimum Gasteiger partial charge on any atom is -0.454 e. The van der Waals surface area contributed by atoms with Gasteiger partial charge in [-0.15, -0.1) is 0 Å². The quantitative estimate of drug-likeness (QED) is 0.487. The van der Waals surface area contributed by atoms with Gasteiger partial charge in [0.15, 0.2) is 19.7 Å². The molecule has 1 aliphatic heterocycles. The highest BCUT2D eigenvalue weighted by Gasteiger charge is 2.34. The number of halogens is 1. The molecular formula is C22H23ClN2O4Si. The van der Waals surface area contributed by atoms with Crippen LogP contribution >= 0.6 is 11.6 Å². The molecule has 0 fully saturated rings. The second kappa shape index (κ2) is 7.81. The molecule has 8 heteroatoms. The van der Waals surface area contributed by atoms with Crippen LogP contribution in [0.3, 0.4) is 0 Å². The SMILES string of the molecule is Cc1onc(-c2ccccc2Cl)c1C(=O)N(Cc1ccc2c(c1)OCO2)[Si](C)(C)C. The average molecular weight is 443 g/mol. The monoisotopic (exact) mass is 442 g/mol. The minimum absolute atomic E-state index is 0.111. The fraction of sp³-hybridized carbons (Fsp3) is 0.273. The predicted octanol–water partition coefficient (Wildman–Crippen LogP) is 5.51. The summed E-state index contributed by atoms with van der Waals surface area (Å²) in [6, 6.07) is 13.1. The van der Waals surface area contributed by atoms with Crippen molar-refractivity contribution >= 4 is 25.7 Å². The Morgan fingerprint density at radius 3 is 2.60 bits per heavy atom. The summed E-state index contributed by atoms with van der Waals surface area (Å²) in [5.41, 5.74) is 2.57. The molecule has 0 bridgehead atoms. The number of hydrogen-bond donors (Lipinski definition) is 0. The van der Waals surface area contributed by atoms with E-state index >= 15 is 0 Å². The van der Waals surface area contributed by atoms with Gasteiger partial charge in [0.05, 0.1) is 5.02 Å². The van der Waals surface area contributed by atoms with Gasteiger partial charge in [0, 0.05) is 12.1 Å². The molecule has 4 rings (SSSR count). The third kappa shape index (κ3) is 3.82. The molecular weight excluding hydrogens is 420 g/mol. The zero-order valence-corrected chi connectivity index (χ0v) is 19.1. The van der Waals surface area contributed by atoms with Crippen molar-refractivity contribution in [3.05, 3.63) is 64.4 Å². The highest BCUT2D eigenvalue weighted by molar-refractivity contribution is 6.75. The van der Waals surface area contributed by atoms with E-state index in [1.54, 1.807) is 13.0 Å². The number of fused-ring (bicyclic) bond motifs is 1. The molecule has 0 aliphatic carbocycles. The van der Waals surface area contributed by atoms with Crippen LogP contribution in [-0.2, 0) is 6.54 Å². The summed E-state index contributed by atoms with van der Waals surface area (Å²) in [6.07, 6.45) is 0. The number of ether oxygens (including phenoxy) is 2. The largest absolute Gasteiger partial charge is 0.454 e. The fourth-order valence-corrected chi connectivity index (χ4v) is 5.03. The zero-order valence-electron chi connectivity index (χ0n) is 17.4. The summed E-state index contributed by atoms with van der Waals surface area (Å²) in [4.78, 5) is 13.8. The molecule has 0 radical (unpaired) electrons. The molecule has 2 aromatic carbocycles. The summed E-state index contributed by atoms with van der Waals surface area (Å²) in [7, 11) is -2.07. The molecule has 0 saturated carbocycles. The molecule has 0 atom stereocenters. The number of carbonyl (C=O) groups excluding carboxylic acids is 1. The Morgan fingerprint density at radius 2 is 1.87 bits per heavy atom. The third-order valence-electron chi connectivity index (χ3n) is 5.04. The van der Waals surface area contributed by atoms with Gasteiger partial charge in [-0.1, -0.05) is 60.7 Å². The van der Waals surface area contributed by atoms with Crippen molar-refractivity contribution in [3.8, 4) is 22.8 Å². The Hall–Kier alpha value is -2.77. The lowest BCUT2D eigenvalue weighted by atomic mass is 10.1. The van der Waals surface area contributed by atoms with Gasteiger partial charge >= 0.3 is 0 Å². The van der Waals surface area contributed by atoms with E-state index in [0.717, 1.165) is 11.3 Å². The van der Waals surface area contributed by atoms with E-state index in [1.165, 1.54) is 0 Å². The second-order valence-corrected chi connectivity index (χ2v) is 13.5. The standard InChI is InChI=1S/C22H23ClN2O4Si/c1-14-20(21(24-29-14)16-7-5-6-8-17(16)23)22(26)25(30(2,3)4)12-15-9-10-18-19(11-15)28-13-27-18/h5-11H,12-13H2,1-4H3. The maximum Gasteiger partial charge on any atom is 0.252 e. The van der Waals surface area contributed by atoms with Crippen LogP contribution < -0.4 is 9.47 Å². The fourth-order valence-electron chi connectivity index (χ4n) is 3.43. The number of nitrogens with zero attached hydrogens (tertiary/aromatic N) is 2. The molecule has 1 amide bonds. The normalized spacial score (nSPS) is 12.8. The Balaban J connectivity index is 1.72. The highest BCUT2D eigenvalue weighted by Crippen LogP contribution is 2.35. The van der Waals surface area contributed by atoms with E-state index in [2.05, 4.69) is 24.8 Å². The van der Waals surface area contributed by atoms with E-state index in [4.69, 9.17) is 25.6 Å². The predicted molar refractivity (Wildman–Crippen MR) is 117 cm³/mol. The van der Waals surface area contributed by atoms with E-state index < -0.39 is 8.24 Å². The molecule has 0 spiro atoms. The van der Waals surface area contributed by atoms with Crippen LogP contribution in [-0.4, -0.2) is 30.7 Å². The third-order valence-corrected chi connectivity index (χ3v) is 7.35. The minimum atomic E-state index is -2.07. The van der Waals surface area contributed by atoms with E-state index in [9.17, 15) is 4.79 Å². The Labute approximate surface area is 181 Å². The highest BCUT2D eigenvalue weighted by atomic mass is 35.5. The van der Waals surface area contributed by atoms with Gasteiger partial charge in [-0.3, -0.25) is 4.79 Å². The lowest BCUT2D eigenvalue weighted by Crippen LogP contribution is -2.49. The van der Waals surface area contributed by atoms with Crippen molar-refractivity contribution < 1.29 is 18.8 Å². The second-order valence-electron chi connectivity index (χ2n) is 8.19. The van der Waals surface area contributed by atoms with Crippen LogP contribution in [0.2, 0.25) is 24.7 Å². The number of carbonyl (C=O) groups is 1. The van der Waals surface area contributed by atoms with Crippen LogP contribution in [0.1, 0.15) is 21.7 Å². The van der Waals surface area contributed by atoms with Crippen molar-refractivity contribution in [1.29, 1.82) is 0 Å². The van der Waals surface area contributed by atoms with Crippen molar-refractivity contribution in [1.82, 2.24) is 9.72 Å². The van der Waals surface area contributed by atoms with E-state index in [1.807, 2.05) is 41.0 Å². The molecule has 1 aliphatic rings. The molecule has 0 saturated heterocycles. The first-order valence-electron chi connectivity index (χ1n) is 9.67. The van der Waals surface area contributed by atoms with Gasteiger partial charge in [0.25, 0.3) is 5.91 Å². The molecule has 2 heterocycles. The maximum absolute atomic E-state index is 13.8.